The molecule has 0 aromatic heterocycles. The molecule has 0 N–H and O–H groups in total. The van der Waals surface area contributed by atoms with Crippen LogP contribution in [0.1, 0.15) is 46.5 Å². The quantitative estimate of drug-likeness (QED) is 0.771. The third-order valence-corrected chi connectivity index (χ3v) is 4.22. The van der Waals surface area contributed by atoms with Crippen LogP contribution < -0.4 is 0 Å². The molecule has 0 aromatic carbocycles. The summed E-state index contributed by atoms with van der Waals surface area (Å²) in [5, 5.41) is 0. The van der Waals surface area contributed by atoms with Crippen LogP contribution in [0.5, 0.6) is 0 Å². The van der Waals surface area contributed by atoms with E-state index in [0.29, 0.717) is 18.3 Å². The van der Waals surface area contributed by atoms with Gasteiger partial charge in [-0.2, -0.15) is 0 Å². The first-order chi connectivity index (χ1) is 8.63. The predicted molar refractivity (Wildman–Crippen MR) is 73.8 cm³/mol. The van der Waals surface area contributed by atoms with Crippen molar-refractivity contribution < 1.29 is 9.47 Å². The molecule has 2 rings (SSSR count). The highest BCUT2D eigenvalue weighted by Gasteiger charge is 2.23. The lowest BCUT2D eigenvalue weighted by Gasteiger charge is -2.35. The van der Waals surface area contributed by atoms with Gasteiger partial charge in [-0.3, -0.25) is 4.90 Å². The number of ether oxygens (including phenoxy) is 2. The Kier molecular flexibility index (Phi) is 5.46. The topological polar surface area (TPSA) is 21.7 Å². The van der Waals surface area contributed by atoms with Crippen LogP contribution in [-0.4, -0.2) is 49.5 Å². The molecule has 2 unspecified atom stereocenters. The molecule has 0 amide bonds. The summed E-state index contributed by atoms with van der Waals surface area (Å²) in [5.41, 5.74) is 0. The van der Waals surface area contributed by atoms with Crippen LogP contribution >= 0.6 is 0 Å². The van der Waals surface area contributed by atoms with Gasteiger partial charge >= 0.3 is 0 Å². The van der Waals surface area contributed by atoms with Crippen molar-refractivity contribution in [2.24, 2.45) is 5.92 Å². The van der Waals surface area contributed by atoms with Crippen molar-refractivity contribution in [2.75, 3.05) is 26.2 Å². The van der Waals surface area contributed by atoms with E-state index in [2.05, 4.69) is 25.7 Å². The van der Waals surface area contributed by atoms with E-state index in [9.17, 15) is 0 Å². The van der Waals surface area contributed by atoms with Crippen LogP contribution in [0.4, 0.5) is 0 Å². The Labute approximate surface area is 112 Å². The molecule has 2 atom stereocenters. The minimum absolute atomic E-state index is 0.365. The lowest BCUT2D eigenvalue weighted by atomic mass is 9.89. The minimum Gasteiger partial charge on any atom is -0.377 e. The summed E-state index contributed by atoms with van der Waals surface area (Å²) < 4.78 is 11.8. The molecule has 18 heavy (non-hydrogen) atoms. The molecule has 1 aliphatic carbocycles. The monoisotopic (exact) mass is 255 g/mol. The van der Waals surface area contributed by atoms with Crippen LogP contribution in [0.25, 0.3) is 0 Å². The van der Waals surface area contributed by atoms with Crippen LogP contribution in [0.3, 0.4) is 0 Å². The molecule has 0 bridgehead atoms. The molecular formula is C15H29NO2. The van der Waals surface area contributed by atoms with Gasteiger partial charge in [0.2, 0.25) is 0 Å². The summed E-state index contributed by atoms with van der Waals surface area (Å²) in [7, 11) is 0. The maximum Gasteiger partial charge on any atom is 0.0678 e. The summed E-state index contributed by atoms with van der Waals surface area (Å²) in [5.74, 6) is 0.908. The largest absolute Gasteiger partial charge is 0.377 e. The highest BCUT2D eigenvalue weighted by Crippen LogP contribution is 2.25. The fourth-order valence-corrected chi connectivity index (χ4v) is 3.21. The van der Waals surface area contributed by atoms with E-state index in [4.69, 9.17) is 9.47 Å². The second-order valence-corrected chi connectivity index (χ2v) is 6.27. The Morgan fingerprint density at radius 2 is 1.61 bits per heavy atom. The summed E-state index contributed by atoms with van der Waals surface area (Å²) in [4.78, 5) is 2.48. The van der Waals surface area contributed by atoms with Crippen molar-refractivity contribution in [1.82, 2.24) is 4.90 Å². The predicted octanol–water partition coefficient (Wildman–Crippen LogP) is 2.69. The van der Waals surface area contributed by atoms with E-state index in [1.54, 1.807) is 0 Å². The van der Waals surface area contributed by atoms with E-state index >= 15 is 0 Å². The van der Waals surface area contributed by atoms with Crippen molar-refractivity contribution in [3.63, 3.8) is 0 Å². The molecule has 2 aliphatic rings. The van der Waals surface area contributed by atoms with Crippen molar-refractivity contribution >= 4 is 0 Å². The van der Waals surface area contributed by atoms with Crippen molar-refractivity contribution in [3.8, 4) is 0 Å². The summed E-state index contributed by atoms with van der Waals surface area (Å²) in [6, 6.07) is 0. The van der Waals surface area contributed by atoms with E-state index in [0.717, 1.165) is 32.2 Å². The van der Waals surface area contributed by atoms with Gasteiger partial charge < -0.3 is 9.47 Å². The number of morpholine rings is 1. The zero-order valence-electron chi connectivity index (χ0n) is 12.2. The maximum absolute atomic E-state index is 6.02. The van der Waals surface area contributed by atoms with E-state index < -0.39 is 0 Å². The average molecular weight is 255 g/mol. The fourth-order valence-electron chi connectivity index (χ4n) is 3.21. The summed E-state index contributed by atoms with van der Waals surface area (Å²) >= 11 is 0. The molecule has 0 radical (unpaired) electrons. The zero-order valence-corrected chi connectivity index (χ0v) is 12.2. The Balaban J connectivity index is 1.60. The molecule has 3 nitrogen and oxygen atoms in total. The molecular weight excluding hydrogens is 226 g/mol. The van der Waals surface area contributed by atoms with Gasteiger partial charge in [-0.15, -0.1) is 0 Å². The van der Waals surface area contributed by atoms with Crippen LogP contribution in [0, 0.1) is 5.92 Å². The van der Waals surface area contributed by atoms with Crippen molar-refractivity contribution in [3.05, 3.63) is 0 Å². The third-order valence-electron chi connectivity index (χ3n) is 4.22. The summed E-state index contributed by atoms with van der Waals surface area (Å²) in [6.07, 6.45) is 6.46. The number of rotatable bonds is 4. The van der Waals surface area contributed by atoms with Gasteiger partial charge in [0.25, 0.3) is 0 Å². The van der Waals surface area contributed by atoms with Gasteiger partial charge in [-0.25, -0.2) is 0 Å². The van der Waals surface area contributed by atoms with Gasteiger partial charge in [-0.05, 0) is 45.4 Å². The Bertz CT molecular complexity index is 229. The van der Waals surface area contributed by atoms with Crippen LogP contribution in [0.2, 0.25) is 0 Å². The molecule has 1 saturated heterocycles. The number of nitrogens with zero attached hydrogens (tertiary/aromatic N) is 1. The Hall–Kier alpha value is -0.120. The molecule has 106 valence electrons. The van der Waals surface area contributed by atoms with Gasteiger partial charge in [0.15, 0.2) is 0 Å². The minimum atomic E-state index is 0.365. The third kappa shape index (κ3) is 4.52. The molecule has 2 fully saturated rings. The number of hydrogen-bond acceptors (Lipinski definition) is 3. The second-order valence-electron chi connectivity index (χ2n) is 6.27. The lowest BCUT2D eigenvalue weighted by molar-refractivity contribution is -0.0778. The van der Waals surface area contributed by atoms with Crippen LogP contribution in [0.15, 0.2) is 0 Å². The first-order valence-electron chi connectivity index (χ1n) is 7.63. The SMILES string of the molecule is CC1CCC(OCCN2CC(C)OC(C)C2)CC1. The molecule has 3 heteroatoms. The fraction of sp³-hybridized carbons (Fsp3) is 1.00. The number of hydrogen-bond donors (Lipinski definition) is 0. The molecule has 0 aromatic rings. The van der Waals surface area contributed by atoms with E-state index in [-0.39, 0.29) is 0 Å². The Morgan fingerprint density at radius 1 is 1.00 bits per heavy atom. The lowest BCUT2D eigenvalue weighted by Crippen LogP contribution is -2.46. The second kappa shape index (κ2) is 6.88. The maximum atomic E-state index is 6.02. The van der Waals surface area contributed by atoms with Crippen molar-refractivity contribution in [2.45, 2.75) is 64.8 Å². The smallest absolute Gasteiger partial charge is 0.0678 e. The van der Waals surface area contributed by atoms with E-state index in [1.807, 2.05) is 0 Å². The molecule has 1 saturated carbocycles. The highest BCUT2D eigenvalue weighted by molar-refractivity contribution is 4.74. The molecule has 1 aliphatic heterocycles. The van der Waals surface area contributed by atoms with E-state index in [1.165, 1.54) is 25.7 Å². The molecule has 1 heterocycles. The molecule has 0 spiro atoms. The Morgan fingerprint density at radius 3 is 2.22 bits per heavy atom. The van der Waals surface area contributed by atoms with Gasteiger partial charge in [-0.1, -0.05) is 6.92 Å². The standard InChI is InChI=1S/C15H29NO2/c1-12-4-6-15(7-5-12)17-9-8-16-10-13(2)18-14(3)11-16/h12-15H,4-11H2,1-3H3. The first kappa shape index (κ1) is 14.3. The van der Waals surface area contributed by atoms with Crippen molar-refractivity contribution in [1.29, 1.82) is 0 Å². The first-order valence-corrected chi connectivity index (χ1v) is 7.63. The zero-order chi connectivity index (χ0) is 13.0. The summed E-state index contributed by atoms with van der Waals surface area (Å²) in [6.45, 7) is 10.7. The normalized spacial score (nSPS) is 38.8. The van der Waals surface area contributed by atoms with Gasteiger partial charge in [0.1, 0.15) is 0 Å². The van der Waals surface area contributed by atoms with Gasteiger partial charge in [0.05, 0.1) is 24.9 Å². The van der Waals surface area contributed by atoms with Gasteiger partial charge in [0, 0.05) is 19.6 Å². The average Bonchev–Trinajstić information content (AvgIpc) is 2.30. The highest BCUT2D eigenvalue weighted by atomic mass is 16.5. The van der Waals surface area contributed by atoms with Crippen LogP contribution in [-0.2, 0) is 9.47 Å².